The number of ether oxygens (including phenoxy) is 1. The minimum absolute atomic E-state index is 0. The van der Waals surface area contributed by atoms with Gasteiger partial charge in [-0.05, 0) is 38.2 Å². The summed E-state index contributed by atoms with van der Waals surface area (Å²) in [5.41, 5.74) is 0. The van der Waals surface area contributed by atoms with Crippen LogP contribution in [0.15, 0.2) is 36.1 Å². The summed E-state index contributed by atoms with van der Waals surface area (Å²) < 4.78 is 5.91. The molecule has 0 bridgehead atoms. The maximum Gasteiger partial charge on any atom is 1.00 e. The average Bonchev–Trinajstić information content (AvgIpc) is 3.06. The van der Waals surface area contributed by atoms with Crippen molar-refractivity contribution < 1.29 is 54.4 Å². The van der Waals surface area contributed by atoms with E-state index in [4.69, 9.17) is 4.74 Å². The normalized spacial score (nSPS) is 30.5. The summed E-state index contributed by atoms with van der Waals surface area (Å²) >= 11 is 0. The molecule has 0 aromatic heterocycles. The number of unbranched alkanes of at least 4 members (excludes halogenated alkanes) is 1. The van der Waals surface area contributed by atoms with Crippen LogP contribution in [0.4, 0.5) is 0 Å². The fourth-order valence-corrected chi connectivity index (χ4v) is 3.63. The summed E-state index contributed by atoms with van der Waals surface area (Å²) in [6.45, 7) is 2.05. The van der Waals surface area contributed by atoms with E-state index in [1.54, 1.807) is 6.08 Å². The van der Waals surface area contributed by atoms with Crippen molar-refractivity contribution in [3.05, 3.63) is 36.1 Å². The molecule has 6 heteroatoms. The zero-order valence-electron chi connectivity index (χ0n) is 15.8. The molecule has 2 N–H and O–H groups in total. The fourth-order valence-electron chi connectivity index (χ4n) is 3.63. The summed E-state index contributed by atoms with van der Waals surface area (Å²) in [7, 11) is 0. The summed E-state index contributed by atoms with van der Waals surface area (Å²) in [5.74, 6) is 0.0781. The number of carboxylic acid groups (broad SMARTS) is 1. The number of carbonyl (C=O) groups is 1. The molecule has 2 aliphatic rings. The predicted octanol–water partition coefficient (Wildman–Crippen LogP) is -1.15. The number of carboxylic acids is 1. The molecule has 1 aliphatic heterocycles. The van der Waals surface area contributed by atoms with Gasteiger partial charge >= 0.3 is 29.6 Å². The molecule has 1 saturated carbocycles. The summed E-state index contributed by atoms with van der Waals surface area (Å²) in [5, 5.41) is 30.7. The molecule has 0 aromatic carbocycles. The Morgan fingerprint density at radius 1 is 1.42 bits per heavy atom. The summed E-state index contributed by atoms with van der Waals surface area (Å²) in [6, 6.07) is 0. The Kier molecular flexibility index (Phi) is 10.8. The second-order valence-electron chi connectivity index (χ2n) is 6.91. The maximum atomic E-state index is 10.4. The SMILES string of the molecule is CCC=CC[C@H](O)C=C[C@@H]1[C@H]2CC(=CCCCC(=O)[O-])O[C@H]2C[C@H]1O.[Na+]. The average molecular weight is 372 g/mol. The van der Waals surface area contributed by atoms with Crippen molar-refractivity contribution in [1.29, 1.82) is 0 Å². The smallest absolute Gasteiger partial charge is 0.550 e. The Labute approximate surface area is 178 Å². The molecule has 0 amide bonds. The number of aliphatic hydroxyl groups is 2. The van der Waals surface area contributed by atoms with Crippen LogP contribution in [-0.4, -0.2) is 34.5 Å². The number of rotatable bonds is 9. The van der Waals surface area contributed by atoms with Crippen LogP contribution in [0.1, 0.15) is 51.9 Å². The molecule has 0 spiro atoms. The van der Waals surface area contributed by atoms with E-state index in [0.29, 0.717) is 25.7 Å². The van der Waals surface area contributed by atoms with E-state index in [9.17, 15) is 20.1 Å². The van der Waals surface area contributed by atoms with Crippen LogP contribution in [0, 0.1) is 11.8 Å². The molecular formula is C20H29NaO5. The van der Waals surface area contributed by atoms with Crippen molar-refractivity contribution in [2.75, 3.05) is 0 Å². The second kappa shape index (κ2) is 12.0. The van der Waals surface area contributed by atoms with Gasteiger partial charge in [-0.1, -0.05) is 31.2 Å². The van der Waals surface area contributed by atoms with E-state index < -0.39 is 18.2 Å². The third-order valence-electron chi connectivity index (χ3n) is 4.92. The molecule has 0 unspecified atom stereocenters. The Morgan fingerprint density at radius 3 is 2.88 bits per heavy atom. The quantitative estimate of drug-likeness (QED) is 0.303. The minimum Gasteiger partial charge on any atom is -0.550 e. The van der Waals surface area contributed by atoms with Crippen molar-refractivity contribution in [3.63, 3.8) is 0 Å². The number of aliphatic carboxylic acids is 1. The van der Waals surface area contributed by atoms with Crippen LogP contribution >= 0.6 is 0 Å². The zero-order valence-corrected chi connectivity index (χ0v) is 17.8. The van der Waals surface area contributed by atoms with Gasteiger partial charge in [0.1, 0.15) is 6.10 Å². The third kappa shape index (κ3) is 7.20. The van der Waals surface area contributed by atoms with E-state index >= 15 is 0 Å². The standard InChI is InChI=1S/C20H30O5.Na/c1-2-3-4-7-14(21)10-11-16-17-12-15(8-5-6-9-20(23)24)25-19(17)13-18(16)22;/h3-4,8,10-11,14,16-19,21-22H,2,5-7,9,12-13H2,1H3,(H,23,24);/q;+1/p-1/t14-,16+,17+,18+,19-;/m0./s1. The Hall–Kier alpha value is -0.590. The molecule has 1 heterocycles. The van der Waals surface area contributed by atoms with Crippen LogP contribution in [0.2, 0.25) is 0 Å². The van der Waals surface area contributed by atoms with Gasteiger partial charge in [0.25, 0.3) is 0 Å². The number of carbonyl (C=O) groups excluding carboxylic acids is 1. The largest absolute Gasteiger partial charge is 1.00 e. The monoisotopic (exact) mass is 372 g/mol. The van der Waals surface area contributed by atoms with Crippen molar-refractivity contribution in [1.82, 2.24) is 0 Å². The van der Waals surface area contributed by atoms with Crippen LogP contribution in [0.5, 0.6) is 0 Å². The van der Waals surface area contributed by atoms with Gasteiger partial charge in [0.2, 0.25) is 0 Å². The third-order valence-corrected chi connectivity index (χ3v) is 4.92. The number of hydrogen-bond acceptors (Lipinski definition) is 5. The van der Waals surface area contributed by atoms with E-state index in [0.717, 1.165) is 18.6 Å². The Bertz CT molecular complexity index is 528. The molecule has 140 valence electrons. The fraction of sp³-hybridized carbons (Fsp3) is 0.650. The van der Waals surface area contributed by atoms with Gasteiger partial charge < -0.3 is 24.9 Å². The predicted molar refractivity (Wildman–Crippen MR) is 93.2 cm³/mol. The first-order chi connectivity index (χ1) is 12.0. The second-order valence-corrected chi connectivity index (χ2v) is 6.91. The molecule has 26 heavy (non-hydrogen) atoms. The Balaban J connectivity index is 0.00000338. The topological polar surface area (TPSA) is 89.8 Å². The Morgan fingerprint density at radius 2 is 2.19 bits per heavy atom. The van der Waals surface area contributed by atoms with E-state index in [-0.39, 0.29) is 53.9 Å². The molecule has 2 rings (SSSR count). The summed E-state index contributed by atoms with van der Waals surface area (Å²) in [4.78, 5) is 10.4. The number of fused-ring (bicyclic) bond motifs is 1. The number of allylic oxidation sites excluding steroid dienone is 3. The summed E-state index contributed by atoms with van der Waals surface area (Å²) in [6.07, 6.45) is 12.9. The van der Waals surface area contributed by atoms with Gasteiger partial charge in [-0.15, -0.1) is 0 Å². The molecule has 5 atom stereocenters. The number of hydrogen-bond donors (Lipinski definition) is 2. The maximum absolute atomic E-state index is 10.4. The molecule has 1 saturated heterocycles. The zero-order chi connectivity index (χ0) is 18.2. The molecule has 1 aliphatic carbocycles. The molecular weight excluding hydrogens is 343 g/mol. The number of aliphatic hydroxyl groups excluding tert-OH is 2. The van der Waals surface area contributed by atoms with Crippen molar-refractivity contribution >= 4 is 5.97 Å². The van der Waals surface area contributed by atoms with Gasteiger partial charge in [-0.25, -0.2) is 0 Å². The molecule has 0 aromatic rings. The van der Waals surface area contributed by atoms with Crippen LogP contribution < -0.4 is 34.7 Å². The first-order valence-electron chi connectivity index (χ1n) is 9.26. The van der Waals surface area contributed by atoms with Crippen LogP contribution in [0.25, 0.3) is 0 Å². The molecule has 5 nitrogen and oxygen atoms in total. The van der Waals surface area contributed by atoms with Crippen molar-refractivity contribution in [2.45, 2.75) is 70.2 Å². The van der Waals surface area contributed by atoms with Gasteiger partial charge in [0.15, 0.2) is 0 Å². The van der Waals surface area contributed by atoms with Crippen molar-refractivity contribution in [3.8, 4) is 0 Å². The van der Waals surface area contributed by atoms with Crippen LogP contribution in [0.3, 0.4) is 0 Å². The van der Waals surface area contributed by atoms with Gasteiger partial charge in [-0.2, -0.15) is 0 Å². The van der Waals surface area contributed by atoms with E-state index in [1.807, 2.05) is 24.3 Å². The van der Waals surface area contributed by atoms with E-state index in [2.05, 4.69) is 6.92 Å². The molecule has 2 fully saturated rings. The first kappa shape index (κ1) is 23.4. The van der Waals surface area contributed by atoms with Gasteiger partial charge in [-0.3, -0.25) is 0 Å². The van der Waals surface area contributed by atoms with Gasteiger partial charge in [0.05, 0.1) is 18.0 Å². The van der Waals surface area contributed by atoms with Crippen LogP contribution in [-0.2, 0) is 9.53 Å². The van der Waals surface area contributed by atoms with Crippen molar-refractivity contribution in [2.24, 2.45) is 11.8 Å². The first-order valence-corrected chi connectivity index (χ1v) is 9.26. The van der Waals surface area contributed by atoms with Gasteiger partial charge in [0, 0.05) is 30.6 Å². The van der Waals surface area contributed by atoms with E-state index in [1.165, 1.54) is 0 Å². The molecule has 0 radical (unpaired) electrons. The minimum atomic E-state index is -1.02.